The summed E-state index contributed by atoms with van der Waals surface area (Å²) >= 11 is 2.05. The van der Waals surface area contributed by atoms with Gasteiger partial charge in [-0.15, -0.1) is 24.0 Å². The molecule has 3 heterocycles. The minimum Gasteiger partial charge on any atom is -0.488 e. The van der Waals surface area contributed by atoms with E-state index in [1.807, 2.05) is 7.05 Å². The molecule has 2 N–H and O–H groups in total. The van der Waals surface area contributed by atoms with Crippen molar-refractivity contribution in [2.45, 2.75) is 38.0 Å². The molecular formula is C23H37IN4O3S. The third-order valence-corrected chi connectivity index (χ3v) is 7.66. The summed E-state index contributed by atoms with van der Waals surface area (Å²) < 4.78 is 17.3. The van der Waals surface area contributed by atoms with Gasteiger partial charge in [0.2, 0.25) is 0 Å². The molecule has 0 spiro atoms. The van der Waals surface area contributed by atoms with E-state index in [-0.39, 0.29) is 35.6 Å². The van der Waals surface area contributed by atoms with Gasteiger partial charge in [0, 0.05) is 56.5 Å². The van der Waals surface area contributed by atoms with E-state index in [2.05, 4.69) is 57.4 Å². The molecule has 9 heteroatoms. The summed E-state index contributed by atoms with van der Waals surface area (Å²) in [4.78, 5) is 7.09. The average Bonchev–Trinajstić information content (AvgIpc) is 3.49. The number of guanidine groups is 1. The van der Waals surface area contributed by atoms with Gasteiger partial charge in [-0.05, 0) is 30.7 Å². The Morgan fingerprint density at radius 1 is 1.25 bits per heavy atom. The van der Waals surface area contributed by atoms with Gasteiger partial charge in [0.05, 0.1) is 26.4 Å². The van der Waals surface area contributed by atoms with E-state index in [1.165, 1.54) is 17.7 Å². The summed E-state index contributed by atoms with van der Waals surface area (Å²) in [7, 11) is 1.84. The summed E-state index contributed by atoms with van der Waals surface area (Å²) in [5, 5.41) is 7.10. The highest BCUT2D eigenvalue weighted by atomic mass is 127. The van der Waals surface area contributed by atoms with E-state index in [1.54, 1.807) is 0 Å². The Kier molecular flexibility index (Phi) is 10.2. The van der Waals surface area contributed by atoms with Gasteiger partial charge in [-0.1, -0.05) is 12.1 Å². The number of nitrogens with one attached hydrogen (secondary N) is 2. The Balaban J connectivity index is 0.00000289. The molecule has 7 nitrogen and oxygen atoms in total. The highest BCUT2D eigenvalue weighted by Gasteiger charge is 2.40. The largest absolute Gasteiger partial charge is 0.488 e. The number of benzene rings is 1. The molecular weight excluding hydrogens is 539 g/mol. The highest BCUT2D eigenvalue weighted by molar-refractivity contribution is 14.0. The minimum absolute atomic E-state index is 0. The molecule has 2 atom stereocenters. The van der Waals surface area contributed by atoms with Crippen LogP contribution in [0.3, 0.4) is 0 Å². The van der Waals surface area contributed by atoms with Gasteiger partial charge in [0.1, 0.15) is 11.9 Å². The number of rotatable bonds is 7. The molecule has 4 rings (SSSR count). The average molecular weight is 577 g/mol. The van der Waals surface area contributed by atoms with Crippen molar-refractivity contribution in [3.8, 4) is 5.75 Å². The van der Waals surface area contributed by atoms with E-state index in [9.17, 15) is 0 Å². The summed E-state index contributed by atoms with van der Waals surface area (Å²) in [5.74, 6) is 4.16. The standard InChI is InChI=1S/C23H36N4O3S.HI/c1-18-3-4-19(21(13-18)30-20-5-9-29-15-20)14-25-22(24-2)26-16-23(6-12-31-17-23)27-7-10-28-11-8-27;/h3-4,13,20H,5-12,14-17H2,1-2H3,(H2,24,25,26);1H. The predicted octanol–water partition coefficient (Wildman–Crippen LogP) is 2.65. The Hall–Kier alpha value is -0.750. The van der Waals surface area contributed by atoms with Gasteiger partial charge < -0.3 is 24.8 Å². The lowest BCUT2D eigenvalue weighted by molar-refractivity contribution is -0.0120. The first-order chi connectivity index (χ1) is 15.2. The van der Waals surface area contributed by atoms with Crippen molar-refractivity contribution in [2.75, 3.05) is 64.6 Å². The number of hydrogen-bond donors (Lipinski definition) is 2. The SMILES string of the molecule is CN=C(NCc1ccc(C)cc1OC1CCOC1)NCC1(N2CCOCC2)CCSC1.I. The van der Waals surface area contributed by atoms with Crippen molar-refractivity contribution in [1.82, 2.24) is 15.5 Å². The number of morpholine rings is 1. The maximum atomic E-state index is 6.24. The van der Waals surface area contributed by atoms with E-state index in [0.717, 1.165) is 68.9 Å². The zero-order chi connectivity index (χ0) is 21.5. The van der Waals surface area contributed by atoms with Crippen LogP contribution < -0.4 is 15.4 Å². The summed E-state index contributed by atoms with van der Waals surface area (Å²) in [6.45, 7) is 8.82. The summed E-state index contributed by atoms with van der Waals surface area (Å²) in [6, 6.07) is 6.40. The molecule has 0 radical (unpaired) electrons. The van der Waals surface area contributed by atoms with Crippen LogP contribution in [0.1, 0.15) is 24.0 Å². The predicted molar refractivity (Wildman–Crippen MR) is 142 cm³/mol. The molecule has 0 amide bonds. The zero-order valence-electron chi connectivity index (χ0n) is 19.2. The Labute approximate surface area is 213 Å². The van der Waals surface area contributed by atoms with E-state index < -0.39 is 0 Å². The molecule has 0 aromatic heterocycles. The van der Waals surface area contributed by atoms with Crippen LogP contribution in [0.2, 0.25) is 0 Å². The van der Waals surface area contributed by atoms with Crippen LogP contribution >= 0.6 is 35.7 Å². The molecule has 180 valence electrons. The fraction of sp³-hybridized carbons (Fsp3) is 0.696. The molecule has 3 aliphatic rings. The monoisotopic (exact) mass is 576 g/mol. The lowest BCUT2D eigenvalue weighted by Gasteiger charge is -2.43. The molecule has 0 saturated carbocycles. The Bertz CT molecular complexity index is 749. The van der Waals surface area contributed by atoms with Crippen molar-refractivity contribution in [1.29, 1.82) is 0 Å². The quantitative estimate of drug-likeness (QED) is 0.294. The second-order valence-electron chi connectivity index (χ2n) is 8.62. The number of halogens is 1. The van der Waals surface area contributed by atoms with Crippen molar-refractivity contribution in [2.24, 2.45) is 4.99 Å². The molecule has 3 fully saturated rings. The van der Waals surface area contributed by atoms with Crippen LogP contribution in [-0.2, 0) is 16.0 Å². The molecule has 1 aromatic carbocycles. The normalized spacial score (nSPS) is 26.6. The Morgan fingerprint density at radius 3 is 2.78 bits per heavy atom. The lowest BCUT2D eigenvalue weighted by atomic mass is 9.95. The van der Waals surface area contributed by atoms with Gasteiger partial charge in [-0.25, -0.2) is 0 Å². The lowest BCUT2D eigenvalue weighted by Crippen LogP contribution is -2.60. The maximum Gasteiger partial charge on any atom is 0.191 e. The van der Waals surface area contributed by atoms with E-state index in [4.69, 9.17) is 14.2 Å². The van der Waals surface area contributed by atoms with Gasteiger partial charge in [-0.2, -0.15) is 11.8 Å². The van der Waals surface area contributed by atoms with Gasteiger partial charge >= 0.3 is 0 Å². The Morgan fingerprint density at radius 2 is 2.09 bits per heavy atom. The second-order valence-corrected chi connectivity index (χ2v) is 9.73. The molecule has 1 aromatic rings. The third kappa shape index (κ3) is 6.65. The van der Waals surface area contributed by atoms with Crippen LogP contribution in [0.25, 0.3) is 0 Å². The first-order valence-electron chi connectivity index (χ1n) is 11.4. The zero-order valence-corrected chi connectivity index (χ0v) is 22.4. The minimum atomic E-state index is 0. The molecule has 3 saturated heterocycles. The maximum absolute atomic E-state index is 6.24. The van der Waals surface area contributed by atoms with Crippen LogP contribution in [0.5, 0.6) is 5.75 Å². The van der Waals surface area contributed by atoms with Gasteiger partial charge in [-0.3, -0.25) is 9.89 Å². The number of hydrogen-bond acceptors (Lipinski definition) is 6. The molecule has 0 aliphatic carbocycles. The van der Waals surface area contributed by atoms with Gasteiger partial charge in [0.15, 0.2) is 5.96 Å². The van der Waals surface area contributed by atoms with E-state index >= 15 is 0 Å². The van der Waals surface area contributed by atoms with Crippen molar-refractivity contribution < 1.29 is 14.2 Å². The van der Waals surface area contributed by atoms with E-state index in [0.29, 0.717) is 13.2 Å². The topological polar surface area (TPSA) is 67.4 Å². The van der Waals surface area contributed by atoms with Crippen LogP contribution in [-0.4, -0.2) is 87.1 Å². The van der Waals surface area contributed by atoms with Crippen molar-refractivity contribution in [3.63, 3.8) is 0 Å². The summed E-state index contributed by atoms with van der Waals surface area (Å²) in [6.07, 6.45) is 2.30. The smallest absolute Gasteiger partial charge is 0.191 e. The molecule has 2 unspecified atom stereocenters. The number of aryl methyl sites for hydroxylation is 1. The summed E-state index contributed by atoms with van der Waals surface area (Å²) in [5.41, 5.74) is 2.53. The fourth-order valence-electron chi connectivity index (χ4n) is 4.49. The number of thioether (sulfide) groups is 1. The molecule has 32 heavy (non-hydrogen) atoms. The first kappa shape index (κ1) is 25.9. The first-order valence-corrected chi connectivity index (χ1v) is 12.5. The fourth-order valence-corrected chi connectivity index (χ4v) is 5.96. The number of nitrogens with zero attached hydrogens (tertiary/aromatic N) is 2. The van der Waals surface area contributed by atoms with Gasteiger partial charge in [0.25, 0.3) is 0 Å². The third-order valence-electron chi connectivity index (χ3n) is 6.42. The number of aliphatic imine (C=N–C) groups is 1. The highest BCUT2D eigenvalue weighted by Crippen LogP contribution is 2.33. The van der Waals surface area contributed by atoms with Crippen LogP contribution in [0, 0.1) is 6.92 Å². The molecule has 0 bridgehead atoms. The van der Waals surface area contributed by atoms with Crippen LogP contribution in [0.15, 0.2) is 23.2 Å². The number of ether oxygens (including phenoxy) is 3. The van der Waals surface area contributed by atoms with Crippen LogP contribution in [0.4, 0.5) is 0 Å². The van der Waals surface area contributed by atoms with Crippen molar-refractivity contribution in [3.05, 3.63) is 29.3 Å². The second kappa shape index (κ2) is 12.6. The van der Waals surface area contributed by atoms with Crippen molar-refractivity contribution >= 4 is 41.7 Å². The molecule has 3 aliphatic heterocycles.